The van der Waals surface area contributed by atoms with Gasteiger partial charge in [0, 0.05) is 88.7 Å². The van der Waals surface area contributed by atoms with E-state index < -0.39 is 43.4 Å². The van der Waals surface area contributed by atoms with Crippen molar-refractivity contribution in [1.29, 1.82) is 0 Å². The molecule has 0 aliphatic carbocycles. The maximum atomic E-state index is 13.7. The Kier molecular flexibility index (Phi) is 15.4. The van der Waals surface area contributed by atoms with Crippen LogP contribution in [0.1, 0.15) is 83.4 Å². The molecule has 1 aromatic heterocycles. The van der Waals surface area contributed by atoms with Crippen LogP contribution in [0.5, 0.6) is 5.75 Å². The van der Waals surface area contributed by atoms with Crippen LogP contribution in [0, 0.1) is 6.92 Å². The number of halogens is 1. The molecule has 1 fully saturated rings. The van der Waals surface area contributed by atoms with E-state index in [1.165, 1.54) is 16.6 Å². The van der Waals surface area contributed by atoms with E-state index in [1.54, 1.807) is 84.6 Å². The van der Waals surface area contributed by atoms with Crippen molar-refractivity contribution in [2.75, 3.05) is 72.6 Å². The molecule has 2 amide bonds. The van der Waals surface area contributed by atoms with Gasteiger partial charge in [0.15, 0.2) is 0 Å². The van der Waals surface area contributed by atoms with Gasteiger partial charge in [0.2, 0.25) is 5.91 Å². The Morgan fingerprint density at radius 3 is 2.22 bits per heavy atom. The third-order valence-corrected chi connectivity index (χ3v) is 10.6. The number of nitrogens with zero attached hydrogens (tertiary/aromatic N) is 4. The number of fused-ring (bicyclic) bond motifs is 1. The zero-order valence-corrected chi connectivity index (χ0v) is 35.6. The summed E-state index contributed by atoms with van der Waals surface area (Å²) >= 11 is 6.04. The van der Waals surface area contributed by atoms with Crippen molar-refractivity contribution in [2.24, 2.45) is 0 Å². The molecule has 0 saturated carbocycles. The molecular weight excluding hydrogens is 786 g/mol. The molecule has 4 aromatic rings. The number of esters is 2. The summed E-state index contributed by atoms with van der Waals surface area (Å²) in [5.41, 5.74) is 2.11. The van der Waals surface area contributed by atoms with Gasteiger partial charge in [-0.25, -0.2) is 0 Å². The molecule has 2 heterocycles. The van der Waals surface area contributed by atoms with Crippen LogP contribution in [0.2, 0.25) is 5.02 Å². The predicted molar refractivity (Wildman–Crippen MR) is 232 cm³/mol. The van der Waals surface area contributed by atoms with Gasteiger partial charge in [-0.05, 0) is 92.8 Å². The van der Waals surface area contributed by atoms with Crippen LogP contribution in [0.4, 0.5) is 0 Å². The number of hydrogen-bond donors (Lipinski definition) is 1. The number of aromatic nitrogens is 1. The summed E-state index contributed by atoms with van der Waals surface area (Å²) in [6, 6.07) is 19.1. The second kappa shape index (κ2) is 22.9. The third kappa shape index (κ3) is 12.6. The number of hydrogen-bond acceptors (Lipinski definition) is 10. The smallest absolute Gasteiger partial charge is 0.310 e. The maximum absolute atomic E-state index is 13.7. The SMILES string of the molecule is [2H]C([2H])(OC(=O)Cc1c(C)n(C(=O)c2ccc(Cl)cc2)c2ccc(OC)cc12)C([2H])([2H])N1CCN(CCCOC(=O)CCC(NC(=O)c2ccccc2)C(=O)N(CCC)CCC)CC1. The van der Waals surface area contributed by atoms with E-state index in [4.69, 9.17) is 31.3 Å². The number of carbonyl (C=O) groups excluding carboxylic acids is 5. The molecule has 0 bridgehead atoms. The largest absolute Gasteiger partial charge is 0.497 e. The number of piperazine rings is 1. The summed E-state index contributed by atoms with van der Waals surface area (Å²) in [6.07, 6.45) is 1.56. The summed E-state index contributed by atoms with van der Waals surface area (Å²) < 4.78 is 52.3. The van der Waals surface area contributed by atoms with Crippen molar-refractivity contribution in [3.05, 3.63) is 100 Å². The second-order valence-electron chi connectivity index (χ2n) is 14.6. The first-order valence-corrected chi connectivity index (χ1v) is 20.9. The molecule has 14 heteroatoms. The normalized spacial score (nSPS) is 15.2. The van der Waals surface area contributed by atoms with Crippen LogP contribution in [0.15, 0.2) is 72.8 Å². The van der Waals surface area contributed by atoms with E-state index in [9.17, 15) is 24.0 Å². The van der Waals surface area contributed by atoms with Gasteiger partial charge in [-0.2, -0.15) is 0 Å². The summed E-state index contributed by atoms with van der Waals surface area (Å²) in [4.78, 5) is 71.5. The Hall–Kier alpha value is -5.24. The first-order chi connectivity index (χ1) is 30.5. The number of amides is 2. The van der Waals surface area contributed by atoms with Crippen LogP contribution in [-0.4, -0.2) is 128 Å². The Balaban J connectivity index is 1.11. The second-order valence-corrected chi connectivity index (χ2v) is 15.1. The highest BCUT2D eigenvalue weighted by atomic mass is 35.5. The topological polar surface area (TPSA) is 140 Å². The van der Waals surface area contributed by atoms with Crippen molar-refractivity contribution >= 4 is 52.2 Å². The highest BCUT2D eigenvalue weighted by molar-refractivity contribution is 6.30. The molecular formula is C46H58ClN5O8. The highest BCUT2D eigenvalue weighted by Gasteiger charge is 2.27. The first kappa shape index (κ1) is 40.2. The van der Waals surface area contributed by atoms with Gasteiger partial charge in [-0.15, -0.1) is 0 Å². The van der Waals surface area contributed by atoms with Gasteiger partial charge in [0.05, 0.1) is 28.4 Å². The fourth-order valence-corrected chi connectivity index (χ4v) is 7.32. The average molecular weight is 848 g/mol. The van der Waals surface area contributed by atoms with Gasteiger partial charge in [-0.1, -0.05) is 43.6 Å². The summed E-state index contributed by atoms with van der Waals surface area (Å²) in [5, 5.41) is 3.81. The van der Waals surface area contributed by atoms with Gasteiger partial charge >= 0.3 is 11.9 Å². The van der Waals surface area contributed by atoms with Gasteiger partial charge < -0.3 is 29.3 Å². The number of nitrogens with one attached hydrogen (secondary N) is 1. The van der Waals surface area contributed by atoms with Crippen LogP contribution in [0.3, 0.4) is 0 Å². The monoisotopic (exact) mass is 847 g/mol. The maximum Gasteiger partial charge on any atom is 0.310 e. The highest BCUT2D eigenvalue weighted by Crippen LogP contribution is 2.31. The molecule has 60 heavy (non-hydrogen) atoms. The van der Waals surface area contributed by atoms with Gasteiger partial charge in [0.25, 0.3) is 11.8 Å². The van der Waals surface area contributed by atoms with E-state index in [-0.39, 0.29) is 44.4 Å². The molecule has 3 aromatic carbocycles. The van der Waals surface area contributed by atoms with Crippen LogP contribution < -0.4 is 10.1 Å². The van der Waals surface area contributed by atoms with E-state index in [0.717, 1.165) is 12.8 Å². The Morgan fingerprint density at radius 2 is 1.55 bits per heavy atom. The number of benzene rings is 3. The van der Waals surface area contributed by atoms with Gasteiger partial charge in [-0.3, -0.25) is 33.4 Å². The number of ether oxygens (including phenoxy) is 3. The number of methoxy groups -OCH3 is 1. The lowest BCUT2D eigenvalue weighted by atomic mass is 10.1. The van der Waals surface area contributed by atoms with E-state index in [0.29, 0.717) is 83.2 Å². The van der Waals surface area contributed by atoms with E-state index in [1.807, 2.05) is 18.7 Å². The van der Waals surface area contributed by atoms with Crippen molar-refractivity contribution in [3.63, 3.8) is 0 Å². The lowest BCUT2D eigenvalue weighted by Gasteiger charge is -2.34. The zero-order valence-electron chi connectivity index (χ0n) is 38.8. The Bertz CT molecular complexity index is 2250. The molecule has 1 N–H and O–H groups in total. The molecule has 1 aliphatic heterocycles. The van der Waals surface area contributed by atoms with E-state index >= 15 is 0 Å². The molecule has 0 spiro atoms. The molecule has 1 saturated heterocycles. The molecule has 13 nitrogen and oxygen atoms in total. The minimum absolute atomic E-state index is 0.0699. The molecule has 5 rings (SSSR count). The molecule has 1 unspecified atom stereocenters. The lowest BCUT2D eigenvalue weighted by Crippen LogP contribution is -2.49. The van der Waals surface area contributed by atoms with Gasteiger partial charge in [0.1, 0.15) is 18.4 Å². The molecule has 1 aliphatic rings. The summed E-state index contributed by atoms with van der Waals surface area (Å²) in [5.74, 6) is -2.03. The summed E-state index contributed by atoms with van der Waals surface area (Å²) in [6.45, 7) is 2.66. The Labute approximate surface area is 363 Å². The summed E-state index contributed by atoms with van der Waals surface area (Å²) in [7, 11) is 1.49. The zero-order chi connectivity index (χ0) is 46.6. The van der Waals surface area contributed by atoms with Crippen LogP contribution in [0.25, 0.3) is 10.9 Å². The quantitative estimate of drug-likeness (QED) is 0.0766. The lowest BCUT2D eigenvalue weighted by molar-refractivity contribution is -0.144. The van der Waals surface area contributed by atoms with Crippen LogP contribution >= 0.6 is 11.6 Å². The minimum atomic E-state index is -3.04. The number of rotatable bonds is 21. The fourth-order valence-electron chi connectivity index (χ4n) is 7.19. The third-order valence-electron chi connectivity index (χ3n) is 10.4. The fraction of sp³-hybridized carbons (Fsp3) is 0.457. The first-order valence-electron chi connectivity index (χ1n) is 22.5. The number of carbonyl (C=O) groups is 5. The molecule has 322 valence electrons. The standard InChI is InChI=1S/C46H58ClN5O8/c1-5-21-51(22-6-2)46(57)40(48-44(55)34-11-8-7-9-12-34)18-20-42(53)59-29-10-23-49-24-26-50(27-25-49)28-30-60-43(54)32-38-33(3)52(41-19-17-37(58-4)31-39(38)41)45(56)35-13-15-36(47)16-14-35/h7-9,11-17,19,31,40H,5-6,10,18,20-30,32H2,1-4H3,(H,48,55)/i28D2,30D2. The molecule has 1 atom stereocenters. The predicted octanol–water partition coefficient (Wildman–Crippen LogP) is 6.16. The van der Waals surface area contributed by atoms with Crippen molar-refractivity contribution in [1.82, 2.24) is 24.6 Å². The van der Waals surface area contributed by atoms with Crippen LogP contribution in [-0.2, 0) is 30.3 Å². The molecule has 0 radical (unpaired) electrons. The van der Waals surface area contributed by atoms with Crippen molar-refractivity contribution in [2.45, 2.75) is 65.3 Å². The average Bonchev–Trinajstić information content (AvgIpc) is 3.55. The minimum Gasteiger partial charge on any atom is -0.497 e. The Morgan fingerprint density at radius 1 is 0.867 bits per heavy atom. The van der Waals surface area contributed by atoms with Crippen molar-refractivity contribution in [3.8, 4) is 5.75 Å². The van der Waals surface area contributed by atoms with Crippen molar-refractivity contribution < 1.29 is 43.7 Å². The van der Waals surface area contributed by atoms with E-state index in [2.05, 4.69) is 5.32 Å².